The number of carbonyl (C=O) groups excluding carboxylic acids is 2. The Kier molecular flexibility index (Phi) is 8.62. The minimum atomic E-state index is -4.77. The number of carbonyl (C=O) groups is 3. The maximum atomic E-state index is 12.2. The molecular weight excluding hydrogens is 455 g/mol. The van der Waals surface area contributed by atoms with Crippen LogP contribution in [0, 0.1) is 0 Å². The SMILES string of the molecule is O=C(O)C(=O)N[C@H](Cc1ccc(-c2cccc(Cl)c2)cc1)CC(O)C(=O)OCC(F)(F)F. The third kappa shape index (κ3) is 8.20. The summed E-state index contributed by atoms with van der Waals surface area (Å²) in [5, 5.41) is 21.4. The van der Waals surface area contributed by atoms with E-state index in [0.29, 0.717) is 10.6 Å². The first-order chi connectivity index (χ1) is 14.9. The highest BCUT2D eigenvalue weighted by molar-refractivity contribution is 6.31. The van der Waals surface area contributed by atoms with Crippen LogP contribution in [0.2, 0.25) is 5.02 Å². The molecule has 11 heteroatoms. The Labute approximate surface area is 185 Å². The molecule has 0 spiro atoms. The quantitative estimate of drug-likeness (QED) is 0.401. The van der Waals surface area contributed by atoms with Gasteiger partial charge in [0.25, 0.3) is 0 Å². The molecule has 32 heavy (non-hydrogen) atoms. The molecule has 0 aliphatic rings. The maximum Gasteiger partial charge on any atom is 0.422 e. The number of carboxylic acids is 1. The highest BCUT2D eigenvalue weighted by Crippen LogP contribution is 2.23. The molecule has 1 unspecified atom stereocenters. The number of carboxylic acid groups (broad SMARTS) is 1. The van der Waals surface area contributed by atoms with E-state index in [9.17, 15) is 32.7 Å². The minimum Gasteiger partial charge on any atom is -0.474 e. The third-order valence-corrected chi connectivity index (χ3v) is 4.52. The van der Waals surface area contributed by atoms with E-state index in [1.54, 1.807) is 42.5 Å². The molecule has 0 heterocycles. The Morgan fingerprint density at radius 3 is 2.28 bits per heavy atom. The fourth-order valence-corrected chi connectivity index (χ4v) is 3.03. The zero-order chi connectivity index (χ0) is 23.9. The first-order valence-electron chi connectivity index (χ1n) is 9.24. The van der Waals surface area contributed by atoms with Gasteiger partial charge >= 0.3 is 24.0 Å². The van der Waals surface area contributed by atoms with Crippen molar-refractivity contribution >= 4 is 29.4 Å². The fraction of sp³-hybridized carbons (Fsp3) is 0.286. The molecule has 1 amide bonds. The normalized spacial score (nSPS) is 13.2. The van der Waals surface area contributed by atoms with Crippen LogP contribution in [0.15, 0.2) is 48.5 Å². The Hall–Kier alpha value is -3.11. The summed E-state index contributed by atoms with van der Waals surface area (Å²) in [6.07, 6.45) is -7.32. The fourth-order valence-electron chi connectivity index (χ4n) is 2.84. The van der Waals surface area contributed by atoms with Gasteiger partial charge in [0.15, 0.2) is 12.7 Å². The van der Waals surface area contributed by atoms with Crippen molar-refractivity contribution in [2.45, 2.75) is 31.2 Å². The van der Waals surface area contributed by atoms with Crippen molar-refractivity contribution in [1.82, 2.24) is 5.32 Å². The van der Waals surface area contributed by atoms with Gasteiger partial charge in [0.2, 0.25) is 0 Å². The summed E-state index contributed by atoms with van der Waals surface area (Å²) in [6.45, 7) is -1.87. The lowest BCUT2D eigenvalue weighted by Gasteiger charge is -2.21. The van der Waals surface area contributed by atoms with Crippen LogP contribution in [0.25, 0.3) is 11.1 Å². The summed E-state index contributed by atoms with van der Waals surface area (Å²) in [6, 6.07) is 12.9. The number of alkyl halides is 3. The molecule has 0 aliphatic carbocycles. The molecule has 172 valence electrons. The topological polar surface area (TPSA) is 113 Å². The number of benzene rings is 2. The van der Waals surface area contributed by atoms with Crippen molar-refractivity contribution in [3.63, 3.8) is 0 Å². The number of aliphatic hydroxyl groups is 1. The van der Waals surface area contributed by atoms with Gasteiger partial charge in [0.05, 0.1) is 0 Å². The van der Waals surface area contributed by atoms with Crippen molar-refractivity contribution in [2.24, 2.45) is 0 Å². The average molecular weight is 474 g/mol. The predicted molar refractivity (Wildman–Crippen MR) is 108 cm³/mol. The summed E-state index contributed by atoms with van der Waals surface area (Å²) in [4.78, 5) is 34.0. The van der Waals surface area contributed by atoms with E-state index < -0.39 is 49.2 Å². The number of ether oxygens (including phenoxy) is 1. The van der Waals surface area contributed by atoms with Crippen molar-refractivity contribution in [3.8, 4) is 11.1 Å². The van der Waals surface area contributed by atoms with Crippen LogP contribution >= 0.6 is 11.6 Å². The summed E-state index contributed by atoms with van der Waals surface area (Å²) >= 11 is 5.98. The number of esters is 1. The first-order valence-corrected chi connectivity index (χ1v) is 9.62. The molecule has 0 saturated carbocycles. The number of halogens is 4. The van der Waals surface area contributed by atoms with Gasteiger partial charge in [-0.05, 0) is 35.2 Å². The third-order valence-electron chi connectivity index (χ3n) is 4.28. The van der Waals surface area contributed by atoms with Gasteiger partial charge in [-0.2, -0.15) is 13.2 Å². The molecule has 0 bridgehead atoms. The van der Waals surface area contributed by atoms with Gasteiger partial charge in [-0.3, -0.25) is 4.79 Å². The van der Waals surface area contributed by atoms with Gasteiger partial charge in [0.1, 0.15) is 0 Å². The van der Waals surface area contributed by atoms with E-state index >= 15 is 0 Å². The number of hydrogen-bond donors (Lipinski definition) is 3. The summed E-state index contributed by atoms with van der Waals surface area (Å²) in [5.41, 5.74) is 2.29. The predicted octanol–water partition coefficient (Wildman–Crippen LogP) is 2.98. The second-order valence-corrected chi connectivity index (χ2v) is 7.30. The number of hydrogen-bond acceptors (Lipinski definition) is 5. The summed E-state index contributed by atoms with van der Waals surface area (Å²) in [5.74, 6) is -4.71. The zero-order valence-corrected chi connectivity index (χ0v) is 17.2. The number of aliphatic carboxylic acids is 1. The Bertz CT molecular complexity index is 965. The molecule has 2 atom stereocenters. The molecule has 3 N–H and O–H groups in total. The maximum absolute atomic E-state index is 12.2. The highest BCUT2D eigenvalue weighted by atomic mass is 35.5. The van der Waals surface area contributed by atoms with Gasteiger partial charge in [0, 0.05) is 17.5 Å². The summed E-state index contributed by atoms with van der Waals surface area (Å²) < 4.78 is 40.5. The van der Waals surface area contributed by atoms with E-state index in [0.717, 1.165) is 11.1 Å². The smallest absolute Gasteiger partial charge is 0.422 e. The van der Waals surface area contributed by atoms with E-state index in [4.69, 9.17) is 16.7 Å². The standard InChI is InChI=1S/C21H19ClF3NO6/c22-15-3-1-2-14(9-15)13-6-4-12(5-7-13)8-16(26-18(28)19(29)30)10-17(27)20(31)32-11-21(23,24)25/h1-7,9,16-17,27H,8,10-11H2,(H,26,28)(H,29,30)/t16-,17?/m1/s1. The Balaban J connectivity index is 2.10. The largest absolute Gasteiger partial charge is 0.474 e. The van der Waals surface area contributed by atoms with E-state index in [2.05, 4.69) is 10.1 Å². The minimum absolute atomic E-state index is 0.00153. The number of rotatable bonds is 8. The molecule has 0 aromatic heterocycles. The zero-order valence-electron chi connectivity index (χ0n) is 16.4. The first kappa shape index (κ1) is 25.2. The van der Waals surface area contributed by atoms with Crippen molar-refractivity contribution in [3.05, 3.63) is 59.1 Å². The van der Waals surface area contributed by atoms with Crippen LogP contribution in [0.1, 0.15) is 12.0 Å². The number of amides is 1. The average Bonchev–Trinajstić information content (AvgIpc) is 2.71. The van der Waals surface area contributed by atoms with Crippen molar-refractivity contribution in [2.75, 3.05) is 6.61 Å². The molecule has 2 rings (SSSR count). The molecule has 0 aliphatic heterocycles. The van der Waals surface area contributed by atoms with Crippen LogP contribution in [-0.4, -0.2) is 53.0 Å². The Morgan fingerprint density at radius 1 is 1.06 bits per heavy atom. The highest BCUT2D eigenvalue weighted by Gasteiger charge is 2.32. The second-order valence-electron chi connectivity index (χ2n) is 6.86. The van der Waals surface area contributed by atoms with Crippen LogP contribution in [-0.2, 0) is 25.5 Å². The lowest BCUT2D eigenvalue weighted by Crippen LogP contribution is -2.43. The summed E-state index contributed by atoms with van der Waals surface area (Å²) in [7, 11) is 0. The monoisotopic (exact) mass is 473 g/mol. The molecule has 0 radical (unpaired) electrons. The second kappa shape index (κ2) is 11.0. The molecule has 7 nitrogen and oxygen atoms in total. The van der Waals surface area contributed by atoms with Crippen LogP contribution in [0.5, 0.6) is 0 Å². The van der Waals surface area contributed by atoms with Crippen molar-refractivity contribution in [1.29, 1.82) is 0 Å². The van der Waals surface area contributed by atoms with E-state index in [-0.39, 0.29) is 6.42 Å². The molecule has 0 fully saturated rings. The van der Waals surface area contributed by atoms with Crippen LogP contribution < -0.4 is 5.32 Å². The molecule has 2 aromatic carbocycles. The van der Waals surface area contributed by atoms with Gasteiger partial charge in [-0.1, -0.05) is 48.0 Å². The number of nitrogens with one attached hydrogen (secondary N) is 1. The van der Waals surface area contributed by atoms with Crippen molar-refractivity contribution < 1.29 is 42.5 Å². The van der Waals surface area contributed by atoms with Gasteiger partial charge in [-0.25, -0.2) is 9.59 Å². The lowest BCUT2D eigenvalue weighted by atomic mass is 9.98. The molecular formula is C21H19ClF3NO6. The van der Waals surface area contributed by atoms with Gasteiger partial charge in [-0.15, -0.1) is 0 Å². The Morgan fingerprint density at radius 2 is 1.72 bits per heavy atom. The lowest BCUT2D eigenvalue weighted by molar-refractivity contribution is -0.192. The number of aliphatic hydroxyl groups excluding tert-OH is 1. The van der Waals surface area contributed by atoms with Crippen LogP contribution in [0.3, 0.4) is 0 Å². The van der Waals surface area contributed by atoms with E-state index in [1.165, 1.54) is 0 Å². The van der Waals surface area contributed by atoms with Crippen LogP contribution in [0.4, 0.5) is 13.2 Å². The van der Waals surface area contributed by atoms with E-state index in [1.807, 2.05) is 6.07 Å². The van der Waals surface area contributed by atoms with Gasteiger partial charge < -0.3 is 20.3 Å². The molecule has 2 aromatic rings. The molecule has 0 saturated heterocycles.